The first-order chi connectivity index (χ1) is 15.2. The van der Waals surface area contributed by atoms with Crippen LogP contribution in [0, 0.1) is 0 Å². The van der Waals surface area contributed by atoms with Crippen LogP contribution >= 0.6 is 0 Å². The highest BCUT2D eigenvalue weighted by atomic mass is 16.5. The smallest absolute Gasteiger partial charge is 0.242 e. The molecule has 1 amide bonds. The number of benzene rings is 1. The van der Waals surface area contributed by atoms with Crippen molar-refractivity contribution in [2.24, 2.45) is 4.99 Å². The molecule has 31 heavy (non-hydrogen) atoms. The maximum absolute atomic E-state index is 12.2. The molecule has 2 heterocycles. The minimum atomic E-state index is -0.158. The molecule has 0 bridgehead atoms. The molecule has 1 atom stereocenters. The van der Waals surface area contributed by atoms with Crippen molar-refractivity contribution in [3.05, 3.63) is 54.0 Å². The molecule has 1 saturated heterocycles. The van der Waals surface area contributed by atoms with E-state index in [1.54, 1.807) is 19.4 Å². The van der Waals surface area contributed by atoms with Crippen molar-refractivity contribution in [3.63, 3.8) is 0 Å². The van der Waals surface area contributed by atoms with E-state index in [1.165, 1.54) is 12.8 Å². The summed E-state index contributed by atoms with van der Waals surface area (Å²) in [5.41, 5.74) is 1.16. The summed E-state index contributed by atoms with van der Waals surface area (Å²) in [6, 6.07) is 11.9. The number of likely N-dealkylation sites (tertiary alicyclic amines) is 1. The molecular formula is C23H33N5O3. The van der Waals surface area contributed by atoms with Crippen LogP contribution in [-0.2, 0) is 11.3 Å². The second kappa shape index (κ2) is 12.0. The first-order valence-electron chi connectivity index (χ1n) is 10.9. The van der Waals surface area contributed by atoms with E-state index in [9.17, 15) is 4.79 Å². The van der Waals surface area contributed by atoms with Crippen LogP contribution in [0.4, 0.5) is 0 Å². The number of amides is 1. The Bertz CT molecular complexity index is 831. The van der Waals surface area contributed by atoms with Crippen molar-refractivity contribution in [2.75, 3.05) is 39.8 Å². The molecule has 2 aromatic rings. The van der Waals surface area contributed by atoms with Gasteiger partial charge in [-0.1, -0.05) is 18.2 Å². The van der Waals surface area contributed by atoms with Gasteiger partial charge in [0.2, 0.25) is 5.91 Å². The van der Waals surface area contributed by atoms with Crippen LogP contribution in [0.5, 0.6) is 5.75 Å². The number of hydrogen-bond donors (Lipinski definition) is 3. The molecule has 1 aromatic carbocycles. The predicted molar refractivity (Wildman–Crippen MR) is 121 cm³/mol. The van der Waals surface area contributed by atoms with Crippen LogP contribution in [0.15, 0.2) is 52.1 Å². The Kier molecular flexibility index (Phi) is 8.78. The zero-order chi connectivity index (χ0) is 21.9. The maximum Gasteiger partial charge on any atom is 0.242 e. The molecule has 1 unspecified atom stereocenters. The van der Waals surface area contributed by atoms with Crippen LogP contribution in [0.25, 0.3) is 0 Å². The molecule has 1 aliphatic rings. The Labute approximate surface area is 184 Å². The normalized spacial score (nSPS) is 15.5. The van der Waals surface area contributed by atoms with Crippen LogP contribution < -0.4 is 20.7 Å². The zero-order valence-corrected chi connectivity index (χ0v) is 18.4. The molecule has 3 N–H and O–H groups in total. The number of methoxy groups -OCH3 is 1. The molecule has 8 nitrogen and oxygen atoms in total. The van der Waals surface area contributed by atoms with E-state index in [0.29, 0.717) is 31.4 Å². The molecule has 1 aromatic heterocycles. The van der Waals surface area contributed by atoms with Crippen LogP contribution in [0.2, 0.25) is 0 Å². The van der Waals surface area contributed by atoms with E-state index in [2.05, 4.69) is 31.9 Å². The SMILES string of the molecule is CCNC(=NCC(=O)NCc1ccco1)NCC(c1ccccc1OC)N1CCCC1. The average Bonchev–Trinajstić information content (AvgIpc) is 3.51. The third-order valence-electron chi connectivity index (χ3n) is 5.31. The van der Waals surface area contributed by atoms with Gasteiger partial charge in [0.25, 0.3) is 0 Å². The number of carbonyl (C=O) groups is 1. The molecule has 0 radical (unpaired) electrons. The van der Waals surface area contributed by atoms with E-state index in [0.717, 1.165) is 24.4 Å². The highest BCUT2D eigenvalue weighted by molar-refractivity contribution is 5.84. The van der Waals surface area contributed by atoms with Crippen LogP contribution in [-0.4, -0.2) is 56.6 Å². The highest BCUT2D eigenvalue weighted by Crippen LogP contribution is 2.31. The minimum Gasteiger partial charge on any atom is -0.496 e. The number of ether oxygens (including phenoxy) is 1. The molecule has 3 rings (SSSR count). The fourth-order valence-corrected chi connectivity index (χ4v) is 3.77. The number of guanidine groups is 1. The first kappa shape index (κ1) is 22.7. The monoisotopic (exact) mass is 427 g/mol. The van der Waals surface area contributed by atoms with Crippen molar-refractivity contribution < 1.29 is 13.9 Å². The summed E-state index contributed by atoms with van der Waals surface area (Å²) in [6.07, 6.45) is 4.00. The molecule has 0 aliphatic carbocycles. The number of nitrogens with zero attached hydrogens (tertiary/aromatic N) is 2. The van der Waals surface area contributed by atoms with E-state index in [-0.39, 0.29) is 18.5 Å². The number of para-hydroxylation sites is 1. The van der Waals surface area contributed by atoms with E-state index in [1.807, 2.05) is 31.2 Å². The molecule has 0 spiro atoms. The summed E-state index contributed by atoms with van der Waals surface area (Å²) in [7, 11) is 1.71. The highest BCUT2D eigenvalue weighted by Gasteiger charge is 2.26. The van der Waals surface area contributed by atoms with Gasteiger partial charge in [0, 0.05) is 18.7 Å². The van der Waals surface area contributed by atoms with Crippen molar-refractivity contribution in [1.82, 2.24) is 20.9 Å². The Morgan fingerprint density at radius 2 is 1.97 bits per heavy atom. The lowest BCUT2D eigenvalue weighted by Gasteiger charge is -2.30. The maximum atomic E-state index is 12.2. The van der Waals surface area contributed by atoms with Gasteiger partial charge in [0.15, 0.2) is 5.96 Å². The van der Waals surface area contributed by atoms with E-state index in [4.69, 9.17) is 9.15 Å². The van der Waals surface area contributed by atoms with Gasteiger partial charge < -0.3 is 25.1 Å². The van der Waals surface area contributed by atoms with Gasteiger partial charge in [-0.2, -0.15) is 0 Å². The Balaban J connectivity index is 1.62. The van der Waals surface area contributed by atoms with Gasteiger partial charge in [-0.25, -0.2) is 4.99 Å². The second-order valence-corrected chi connectivity index (χ2v) is 7.43. The average molecular weight is 428 g/mol. The van der Waals surface area contributed by atoms with Crippen molar-refractivity contribution in [3.8, 4) is 5.75 Å². The van der Waals surface area contributed by atoms with Crippen molar-refractivity contribution in [1.29, 1.82) is 0 Å². The molecule has 0 saturated carbocycles. The number of hydrogen-bond acceptors (Lipinski definition) is 5. The first-order valence-corrected chi connectivity index (χ1v) is 10.9. The lowest BCUT2D eigenvalue weighted by atomic mass is 10.0. The lowest BCUT2D eigenvalue weighted by Crippen LogP contribution is -2.43. The topological polar surface area (TPSA) is 91.1 Å². The van der Waals surface area contributed by atoms with Gasteiger partial charge >= 0.3 is 0 Å². The van der Waals surface area contributed by atoms with Crippen LogP contribution in [0.1, 0.15) is 37.1 Å². The Morgan fingerprint density at radius 3 is 2.68 bits per heavy atom. The largest absolute Gasteiger partial charge is 0.496 e. The van der Waals surface area contributed by atoms with Crippen molar-refractivity contribution in [2.45, 2.75) is 32.4 Å². The minimum absolute atomic E-state index is 0.0408. The van der Waals surface area contributed by atoms with Crippen molar-refractivity contribution >= 4 is 11.9 Å². The summed E-state index contributed by atoms with van der Waals surface area (Å²) in [5.74, 6) is 2.07. The predicted octanol–water partition coefficient (Wildman–Crippen LogP) is 2.30. The molecular weight excluding hydrogens is 394 g/mol. The lowest BCUT2D eigenvalue weighted by molar-refractivity contribution is -0.119. The third kappa shape index (κ3) is 6.75. The molecule has 1 aliphatic heterocycles. The quantitative estimate of drug-likeness (QED) is 0.398. The zero-order valence-electron chi connectivity index (χ0n) is 18.4. The Hall–Kier alpha value is -3.00. The van der Waals surface area contributed by atoms with Gasteiger partial charge in [0.1, 0.15) is 18.1 Å². The van der Waals surface area contributed by atoms with Crippen LogP contribution in [0.3, 0.4) is 0 Å². The van der Waals surface area contributed by atoms with E-state index < -0.39 is 0 Å². The number of rotatable bonds is 10. The van der Waals surface area contributed by atoms with Gasteiger partial charge in [-0.3, -0.25) is 9.69 Å². The van der Waals surface area contributed by atoms with Gasteiger partial charge in [-0.05, 0) is 51.1 Å². The fourth-order valence-electron chi connectivity index (χ4n) is 3.77. The second-order valence-electron chi connectivity index (χ2n) is 7.43. The summed E-state index contributed by atoms with van der Waals surface area (Å²) in [4.78, 5) is 19.1. The number of carbonyl (C=O) groups excluding carboxylic acids is 1. The third-order valence-corrected chi connectivity index (χ3v) is 5.31. The summed E-state index contributed by atoms with van der Waals surface area (Å²) in [6.45, 7) is 5.91. The Morgan fingerprint density at radius 1 is 1.16 bits per heavy atom. The van der Waals surface area contributed by atoms with Gasteiger partial charge in [-0.15, -0.1) is 0 Å². The molecule has 1 fully saturated rings. The fraction of sp³-hybridized carbons (Fsp3) is 0.478. The molecule has 168 valence electrons. The number of nitrogens with one attached hydrogen (secondary N) is 3. The number of aliphatic imine (C=N–C) groups is 1. The number of furan rings is 1. The van der Waals surface area contributed by atoms with E-state index >= 15 is 0 Å². The standard InChI is InChI=1S/C23H33N5O3/c1-3-24-23(27-17-22(29)25-15-18-9-8-14-31-18)26-16-20(28-12-6-7-13-28)19-10-4-5-11-21(19)30-2/h4-5,8-11,14,20H,3,6-7,12-13,15-17H2,1-2H3,(H,25,29)(H2,24,26,27). The molecule has 8 heteroatoms. The summed E-state index contributed by atoms with van der Waals surface area (Å²) in [5, 5.41) is 9.45. The summed E-state index contributed by atoms with van der Waals surface area (Å²) < 4.78 is 10.8. The van der Waals surface area contributed by atoms with Gasteiger partial charge in [0.05, 0.1) is 26.0 Å². The summed E-state index contributed by atoms with van der Waals surface area (Å²) >= 11 is 0.